The fraction of sp³-hybridized carbons (Fsp3) is 0.359. The van der Waals surface area contributed by atoms with Crippen molar-refractivity contribution in [2.45, 2.75) is 115 Å². The van der Waals surface area contributed by atoms with E-state index in [9.17, 15) is 87.5 Å². The molecule has 3 aliphatic carbocycles. The minimum Gasteiger partial charge on any atom is -0.507 e. The maximum Gasteiger partial charge on any atom is 0.407 e. The summed E-state index contributed by atoms with van der Waals surface area (Å²) in [7, 11) is 0. The van der Waals surface area contributed by atoms with E-state index in [1.807, 2.05) is 97.1 Å². The van der Waals surface area contributed by atoms with Gasteiger partial charge in [0.05, 0.1) is 35.1 Å². The Morgan fingerprint density at radius 2 is 0.700 bits per heavy atom. The second-order valence-electron chi connectivity index (χ2n) is 27.5. The van der Waals surface area contributed by atoms with Gasteiger partial charge < -0.3 is 93.7 Å². The van der Waals surface area contributed by atoms with Gasteiger partial charge in [0, 0.05) is 49.4 Å². The Morgan fingerprint density at radius 3 is 1.02 bits per heavy atom. The van der Waals surface area contributed by atoms with Crippen LogP contribution < -0.4 is 63.8 Å². The minimum absolute atomic E-state index is 0.0526. The number of amides is 10. The average Bonchev–Trinajstić information content (AvgIpc) is 1.24. The van der Waals surface area contributed by atoms with E-state index in [0.29, 0.717) is 0 Å². The van der Waals surface area contributed by atoms with Gasteiger partial charge in [-0.1, -0.05) is 125 Å². The zero-order valence-corrected chi connectivity index (χ0v) is 61.1. The molecule has 3 aliphatic rings. The number of ether oxygens (including phenoxy) is 2. The number of phenolic OH excluding ortho intramolecular Hbond substituents is 2. The molecule has 0 fully saturated rings. The maximum absolute atomic E-state index is 14.4. The smallest absolute Gasteiger partial charge is 0.407 e. The van der Waals surface area contributed by atoms with Crippen molar-refractivity contribution >= 4 is 94.3 Å². The SMILES string of the molecule is CC(C)C[C@H](NC(=O)[C@H](C)NC(=O)[C@H](CC(=O)O)NC(=O)CNC(=O)OCC1c2ccccc2-c2ccccc21)C(=O)NCCNc1ccc(NCCNC(=O)[C@H](CC(C)C)NC(=O)[C@H](C)NC(=O)[C@H](CC(=O)O)NC(=O)CNC(=O)OCC2c3ccccc3-c3ccccc32)c2c1C(=O)c1c(O)ccc(O)c1C2=O. The molecular weight excluding hydrogens is 1420 g/mol. The van der Waals surface area contributed by atoms with E-state index in [0.717, 1.165) is 56.6 Å². The summed E-state index contributed by atoms with van der Waals surface area (Å²) in [5, 5.41) is 71.6. The van der Waals surface area contributed by atoms with Gasteiger partial charge in [-0.05, 0) is 107 Å². The van der Waals surface area contributed by atoms with Gasteiger partial charge in [0.25, 0.3) is 0 Å². The summed E-state index contributed by atoms with van der Waals surface area (Å²) in [6.07, 6.45) is -3.52. The maximum atomic E-state index is 14.4. The molecule has 0 heterocycles. The van der Waals surface area contributed by atoms with Crippen molar-refractivity contribution in [3.05, 3.63) is 166 Å². The van der Waals surface area contributed by atoms with Crippen LogP contribution in [0.4, 0.5) is 21.0 Å². The van der Waals surface area contributed by atoms with Crippen LogP contribution in [0.15, 0.2) is 121 Å². The van der Waals surface area contributed by atoms with Crippen molar-refractivity contribution in [1.29, 1.82) is 0 Å². The van der Waals surface area contributed by atoms with Gasteiger partial charge >= 0.3 is 24.1 Å². The van der Waals surface area contributed by atoms with Gasteiger partial charge in [0.15, 0.2) is 0 Å². The Hall–Kier alpha value is -12.9. The standard InChI is InChI=1S/C78H88N12O20/c1-39(2)31-55(89-71(101)41(5)85-75(105)57(33-63(95)96)87-61(93)35-83-77(107)109-37-51-47-19-11-7-15-43(47)44-16-8-12-20-48(44)51)73(103)81-29-27-79-53-23-24-54(66-65(53)69(99)67-59(91)25-26-60(92)68(67)70(66)100)80-28-30-82-74(104)56(32-40(3)4)90-72(102)42(6)86-76(106)58(34-64(97)98)88-62(94)36-84-78(108)110-38-52-49-21-13-9-17-45(49)46-18-10-14-22-50(46)52/h7-26,39-42,51-52,55-58,79-80,91-92H,27-38H2,1-6H3,(H,81,103)(H,82,104)(H,83,107)(H,84,108)(H,85,105)(H,86,106)(H,87,93)(H,88,94)(H,89,101)(H,90,102)(H,95,96)(H,97,98)/t41-,42-,55-,56-,57-,58-/m0/s1. The number of phenols is 2. The Kier molecular flexibility index (Phi) is 27.4. The first-order valence-corrected chi connectivity index (χ1v) is 35.8. The number of fused-ring (bicyclic) bond motifs is 8. The Morgan fingerprint density at radius 1 is 0.373 bits per heavy atom. The number of aliphatic carboxylic acids is 2. The van der Waals surface area contributed by atoms with Crippen molar-refractivity contribution in [1.82, 2.24) is 53.2 Å². The van der Waals surface area contributed by atoms with Crippen LogP contribution in [0, 0.1) is 11.8 Å². The molecule has 0 unspecified atom stereocenters. The normalized spacial score (nSPS) is 13.9. The van der Waals surface area contributed by atoms with Crippen LogP contribution in [0.2, 0.25) is 0 Å². The number of carboxylic acid groups (broad SMARTS) is 2. The fourth-order valence-corrected chi connectivity index (χ4v) is 13.3. The number of carbonyl (C=O) groups excluding carboxylic acids is 12. The summed E-state index contributed by atoms with van der Waals surface area (Å²) in [6, 6.07) is 27.1. The van der Waals surface area contributed by atoms with E-state index >= 15 is 0 Å². The molecule has 32 nitrogen and oxygen atoms in total. The highest BCUT2D eigenvalue weighted by Crippen LogP contribution is 2.47. The third-order valence-corrected chi connectivity index (χ3v) is 18.5. The van der Waals surface area contributed by atoms with Gasteiger partial charge in [-0.2, -0.15) is 0 Å². The molecule has 0 saturated carbocycles. The number of aromatic hydroxyl groups is 2. The highest BCUT2D eigenvalue weighted by atomic mass is 16.6. The first-order valence-electron chi connectivity index (χ1n) is 35.8. The topological polar surface area (TPSA) is 483 Å². The van der Waals surface area contributed by atoms with Gasteiger partial charge in [-0.15, -0.1) is 0 Å². The molecule has 0 aromatic heterocycles. The number of hydrogen-bond donors (Lipinski definition) is 16. The number of rotatable bonds is 36. The van der Waals surface area contributed by atoms with Gasteiger partial charge in [-0.25, -0.2) is 9.59 Å². The van der Waals surface area contributed by atoms with Crippen LogP contribution in [-0.2, 0) is 57.4 Å². The third kappa shape index (κ3) is 20.4. The lowest BCUT2D eigenvalue weighted by molar-refractivity contribution is -0.141. The second kappa shape index (κ2) is 37.1. The van der Waals surface area contributed by atoms with Crippen LogP contribution in [0.3, 0.4) is 0 Å². The number of ketones is 2. The first-order chi connectivity index (χ1) is 52.5. The van der Waals surface area contributed by atoms with Crippen molar-refractivity contribution in [3.63, 3.8) is 0 Å². The molecule has 110 heavy (non-hydrogen) atoms. The van der Waals surface area contributed by atoms with Crippen molar-refractivity contribution in [3.8, 4) is 33.8 Å². The van der Waals surface area contributed by atoms with Crippen molar-refractivity contribution < 1.29 is 97.0 Å². The Balaban J connectivity index is 0.744. The molecule has 9 rings (SSSR count). The molecule has 0 aliphatic heterocycles. The predicted molar refractivity (Wildman–Crippen MR) is 399 cm³/mol. The molecule has 6 aromatic carbocycles. The molecule has 0 saturated heterocycles. The summed E-state index contributed by atoms with van der Waals surface area (Å²) >= 11 is 0. The lowest BCUT2D eigenvalue weighted by Gasteiger charge is -2.25. The molecule has 580 valence electrons. The molecule has 0 radical (unpaired) electrons. The summed E-state index contributed by atoms with van der Waals surface area (Å²) in [5.41, 5.74) is 6.53. The van der Waals surface area contributed by atoms with E-state index in [-0.39, 0.29) is 98.4 Å². The second-order valence-corrected chi connectivity index (χ2v) is 27.5. The van der Waals surface area contributed by atoms with Gasteiger partial charge in [-0.3, -0.25) is 57.5 Å². The summed E-state index contributed by atoms with van der Waals surface area (Å²) < 4.78 is 10.9. The Bertz CT molecular complexity index is 4190. The largest absolute Gasteiger partial charge is 0.507 e. The van der Waals surface area contributed by atoms with Gasteiger partial charge in [0.1, 0.15) is 74.1 Å². The van der Waals surface area contributed by atoms with Gasteiger partial charge in [0.2, 0.25) is 58.8 Å². The first kappa shape index (κ1) is 81.2. The van der Waals surface area contributed by atoms with Crippen LogP contribution in [-0.4, -0.2) is 192 Å². The number of benzene rings is 6. The summed E-state index contributed by atoms with van der Waals surface area (Å²) in [5.74, 6) is -13.9. The quantitative estimate of drug-likeness (QED) is 0.0195. The fourth-order valence-electron chi connectivity index (χ4n) is 13.3. The molecule has 0 spiro atoms. The highest BCUT2D eigenvalue weighted by molar-refractivity contribution is 6.33. The van der Waals surface area contributed by atoms with Crippen LogP contribution in [0.1, 0.15) is 133 Å². The van der Waals surface area contributed by atoms with E-state index in [1.54, 1.807) is 27.7 Å². The van der Waals surface area contributed by atoms with Crippen LogP contribution in [0.25, 0.3) is 22.3 Å². The number of hydrogen-bond acceptors (Lipinski definition) is 20. The minimum atomic E-state index is -1.71. The average molecular weight is 1510 g/mol. The number of nitrogens with one attached hydrogen (secondary N) is 12. The zero-order valence-electron chi connectivity index (χ0n) is 61.1. The van der Waals surface area contributed by atoms with Crippen LogP contribution >= 0.6 is 0 Å². The lowest BCUT2D eigenvalue weighted by atomic mass is 9.81. The van der Waals surface area contributed by atoms with E-state index in [1.165, 1.54) is 26.0 Å². The monoisotopic (exact) mass is 1510 g/mol. The molecule has 32 heteroatoms. The molecular formula is C78H88N12O20. The van der Waals surface area contributed by atoms with E-state index in [4.69, 9.17) is 9.47 Å². The molecule has 6 aromatic rings. The van der Waals surface area contributed by atoms with E-state index in [2.05, 4.69) is 63.8 Å². The Labute approximate surface area is 631 Å². The number of anilines is 2. The van der Waals surface area contributed by atoms with Crippen molar-refractivity contribution in [2.24, 2.45) is 11.8 Å². The molecule has 16 N–H and O–H groups in total. The summed E-state index contributed by atoms with van der Waals surface area (Å²) in [6.45, 7) is 7.63. The highest BCUT2D eigenvalue weighted by Gasteiger charge is 2.40. The molecule has 10 amide bonds. The molecule has 6 atom stereocenters. The zero-order chi connectivity index (χ0) is 79.6. The van der Waals surface area contributed by atoms with Crippen LogP contribution in [0.5, 0.6) is 11.5 Å². The summed E-state index contributed by atoms with van der Waals surface area (Å²) in [4.78, 5) is 186. The number of alkyl carbamates (subject to hydrolysis) is 2. The molecule has 0 bridgehead atoms. The van der Waals surface area contributed by atoms with Crippen molar-refractivity contribution in [2.75, 3.05) is 63.1 Å². The number of carboxylic acids is 2. The van der Waals surface area contributed by atoms with E-state index < -0.39 is 168 Å². The lowest BCUT2D eigenvalue weighted by Crippen LogP contribution is -2.57. The third-order valence-electron chi connectivity index (χ3n) is 18.5. The predicted octanol–water partition coefficient (Wildman–Crippen LogP) is 4.00. The number of carbonyl (C=O) groups is 14.